The molecule has 3 rings (SSSR count). The van der Waals surface area contributed by atoms with Gasteiger partial charge in [-0.1, -0.05) is 28.4 Å². The molecule has 0 spiro atoms. The first-order valence-electron chi connectivity index (χ1n) is 7.84. The van der Waals surface area contributed by atoms with E-state index in [1.807, 2.05) is 6.07 Å². The van der Waals surface area contributed by atoms with Gasteiger partial charge in [0, 0.05) is 22.3 Å². The van der Waals surface area contributed by atoms with E-state index >= 15 is 0 Å². The van der Waals surface area contributed by atoms with Gasteiger partial charge in [-0.2, -0.15) is 5.26 Å². The number of nitriles is 1. The summed E-state index contributed by atoms with van der Waals surface area (Å²) in [6.45, 7) is 0. The molecule has 136 valence electrons. The molecular weight excluding hydrogens is 405 g/mol. The molecule has 2 aromatic carbocycles. The Morgan fingerprint density at radius 3 is 2.67 bits per heavy atom. The Morgan fingerprint density at radius 2 is 1.96 bits per heavy atom. The van der Waals surface area contributed by atoms with Crippen LogP contribution < -0.4 is 5.32 Å². The minimum Gasteiger partial charge on any atom is -0.360 e. The minimum atomic E-state index is -0.134. The maximum Gasteiger partial charge on any atom is 0.234 e. The van der Waals surface area contributed by atoms with E-state index in [-0.39, 0.29) is 11.7 Å². The molecule has 0 saturated heterocycles. The average Bonchev–Trinajstić information content (AvgIpc) is 3.11. The molecule has 27 heavy (non-hydrogen) atoms. The third-order valence-electron chi connectivity index (χ3n) is 3.54. The van der Waals surface area contributed by atoms with Crippen molar-refractivity contribution in [3.05, 3.63) is 69.9 Å². The van der Waals surface area contributed by atoms with Crippen molar-refractivity contribution >= 4 is 46.6 Å². The number of nitrogens with one attached hydrogen (secondary N) is 1. The van der Waals surface area contributed by atoms with Gasteiger partial charge in [0.1, 0.15) is 11.5 Å². The number of carbonyl (C=O) groups excluding carboxylic acids is 1. The van der Waals surface area contributed by atoms with E-state index in [4.69, 9.17) is 33.0 Å². The fourth-order valence-corrected chi connectivity index (χ4v) is 3.48. The summed E-state index contributed by atoms with van der Waals surface area (Å²) in [7, 11) is 0. The molecule has 0 fully saturated rings. The highest BCUT2D eigenvalue weighted by Crippen LogP contribution is 2.30. The van der Waals surface area contributed by atoms with Gasteiger partial charge in [-0.3, -0.25) is 4.79 Å². The first-order chi connectivity index (χ1) is 13.0. The van der Waals surface area contributed by atoms with E-state index in [0.29, 0.717) is 38.5 Å². The molecule has 8 heteroatoms. The zero-order chi connectivity index (χ0) is 19.2. The van der Waals surface area contributed by atoms with Gasteiger partial charge >= 0.3 is 0 Å². The van der Waals surface area contributed by atoms with Gasteiger partial charge < -0.3 is 9.84 Å². The molecule has 0 bridgehead atoms. The Hall–Kier alpha value is -2.46. The van der Waals surface area contributed by atoms with Crippen LogP contribution in [0, 0.1) is 11.3 Å². The third kappa shape index (κ3) is 5.27. The first-order valence-corrected chi connectivity index (χ1v) is 9.75. The van der Waals surface area contributed by atoms with E-state index in [2.05, 4.69) is 10.5 Å². The lowest BCUT2D eigenvalue weighted by atomic mass is 10.1. The van der Waals surface area contributed by atoms with Crippen molar-refractivity contribution in [1.82, 2.24) is 5.16 Å². The number of nitrogens with zero attached hydrogens (tertiary/aromatic N) is 2. The number of amides is 1. The summed E-state index contributed by atoms with van der Waals surface area (Å²) >= 11 is 13.5. The van der Waals surface area contributed by atoms with Gasteiger partial charge in [-0.15, -0.1) is 11.8 Å². The molecule has 0 radical (unpaired) electrons. The molecule has 1 heterocycles. The van der Waals surface area contributed by atoms with Crippen molar-refractivity contribution < 1.29 is 9.32 Å². The summed E-state index contributed by atoms with van der Waals surface area (Å²) in [6, 6.07) is 15.7. The maximum atomic E-state index is 12.0. The molecule has 0 aliphatic rings. The van der Waals surface area contributed by atoms with E-state index in [9.17, 15) is 4.79 Å². The lowest BCUT2D eigenvalue weighted by molar-refractivity contribution is -0.113. The number of aromatic nitrogens is 1. The predicted octanol–water partition coefficient (Wildman–Crippen LogP) is 5.39. The summed E-state index contributed by atoms with van der Waals surface area (Å²) in [5, 5.41) is 16.6. The summed E-state index contributed by atoms with van der Waals surface area (Å²) in [5.41, 5.74) is 2.55. The number of carbonyl (C=O) groups is 1. The average molecular weight is 418 g/mol. The van der Waals surface area contributed by atoms with Gasteiger partial charge in [0.2, 0.25) is 5.91 Å². The molecule has 5 nitrogen and oxygen atoms in total. The fourth-order valence-electron chi connectivity index (χ4n) is 2.27. The van der Waals surface area contributed by atoms with Gasteiger partial charge in [0.25, 0.3) is 0 Å². The molecule has 0 atom stereocenters. The van der Waals surface area contributed by atoms with E-state index in [0.717, 1.165) is 5.56 Å². The van der Waals surface area contributed by atoms with Crippen LogP contribution in [0.15, 0.2) is 53.1 Å². The van der Waals surface area contributed by atoms with Crippen LogP contribution >= 0.6 is 35.0 Å². The number of rotatable bonds is 6. The standard InChI is InChI=1S/C19H13Cl2N3O2S/c20-13-3-6-16(17(21)7-13)18-8-15(26-24-18)10-27-11-19(25)23-14-4-1-12(9-22)2-5-14/h1-8H,10-11H2,(H,23,25). The number of benzene rings is 2. The molecule has 0 unspecified atom stereocenters. The second kappa shape index (κ2) is 8.96. The van der Waals surface area contributed by atoms with Crippen LogP contribution in [0.3, 0.4) is 0 Å². The number of hydrogen-bond donors (Lipinski definition) is 1. The highest BCUT2D eigenvalue weighted by molar-refractivity contribution is 7.99. The third-order valence-corrected chi connectivity index (χ3v) is 5.04. The molecule has 0 aliphatic carbocycles. The van der Waals surface area contributed by atoms with Crippen molar-refractivity contribution in [2.24, 2.45) is 0 Å². The molecule has 0 saturated carbocycles. The lowest BCUT2D eigenvalue weighted by Gasteiger charge is -2.04. The SMILES string of the molecule is N#Cc1ccc(NC(=O)CSCc2cc(-c3ccc(Cl)cc3Cl)no2)cc1. The Kier molecular flexibility index (Phi) is 6.40. The second-order valence-electron chi connectivity index (χ2n) is 5.53. The molecule has 3 aromatic rings. The van der Waals surface area contributed by atoms with Gasteiger partial charge in [-0.05, 0) is 42.5 Å². The van der Waals surface area contributed by atoms with Crippen LogP contribution in [0.5, 0.6) is 0 Å². The molecule has 1 amide bonds. The van der Waals surface area contributed by atoms with Crippen molar-refractivity contribution in [3.8, 4) is 17.3 Å². The Balaban J connectivity index is 1.51. The summed E-state index contributed by atoms with van der Waals surface area (Å²) in [5.74, 6) is 1.27. The molecule has 1 aromatic heterocycles. The zero-order valence-corrected chi connectivity index (χ0v) is 16.2. The summed E-state index contributed by atoms with van der Waals surface area (Å²) < 4.78 is 5.31. The maximum absolute atomic E-state index is 12.0. The Labute approximate surface area is 170 Å². The number of hydrogen-bond acceptors (Lipinski definition) is 5. The summed E-state index contributed by atoms with van der Waals surface area (Å²) in [6.07, 6.45) is 0. The first kappa shape index (κ1) is 19.3. The largest absolute Gasteiger partial charge is 0.360 e. The smallest absolute Gasteiger partial charge is 0.234 e. The van der Waals surface area contributed by atoms with Crippen molar-refractivity contribution in [2.45, 2.75) is 5.75 Å². The van der Waals surface area contributed by atoms with Gasteiger partial charge in [0.05, 0.1) is 28.2 Å². The van der Waals surface area contributed by atoms with E-state index in [1.54, 1.807) is 48.5 Å². The monoisotopic (exact) mass is 417 g/mol. The van der Waals surface area contributed by atoms with Crippen molar-refractivity contribution in [1.29, 1.82) is 5.26 Å². The Morgan fingerprint density at radius 1 is 1.19 bits per heavy atom. The topological polar surface area (TPSA) is 78.9 Å². The van der Waals surface area contributed by atoms with Crippen molar-refractivity contribution in [2.75, 3.05) is 11.1 Å². The van der Waals surface area contributed by atoms with Crippen LogP contribution in [-0.4, -0.2) is 16.8 Å². The van der Waals surface area contributed by atoms with Crippen LogP contribution in [0.1, 0.15) is 11.3 Å². The second-order valence-corrected chi connectivity index (χ2v) is 7.36. The quantitative estimate of drug-likeness (QED) is 0.581. The summed E-state index contributed by atoms with van der Waals surface area (Å²) in [4.78, 5) is 12.0. The van der Waals surface area contributed by atoms with Crippen LogP contribution in [0.4, 0.5) is 5.69 Å². The van der Waals surface area contributed by atoms with Crippen LogP contribution in [-0.2, 0) is 10.5 Å². The zero-order valence-electron chi connectivity index (χ0n) is 13.9. The van der Waals surface area contributed by atoms with Crippen molar-refractivity contribution in [3.63, 3.8) is 0 Å². The molecular formula is C19H13Cl2N3O2S. The number of thioether (sulfide) groups is 1. The number of halogens is 2. The van der Waals surface area contributed by atoms with Gasteiger partial charge in [-0.25, -0.2) is 0 Å². The van der Waals surface area contributed by atoms with E-state index < -0.39 is 0 Å². The fraction of sp³-hybridized carbons (Fsp3) is 0.105. The predicted molar refractivity (Wildman–Crippen MR) is 108 cm³/mol. The minimum absolute atomic E-state index is 0.134. The van der Waals surface area contributed by atoms with Crippen LogP contribution in [0.25, 0.3) is 11.3 Å². The Bertz CT molecular complexity index is 997. The highest BCUT2D eigenvalue weighted by Gasteiger charge is 2.11. The van der Waals surface area contributed by atoms with E-state index in [1.165, 1.54) is 11.8 Å². The van der Waals surface area contributed by atoms with Crippen LogP contribution in [0.2, 0.25) is 10.0 Å². The molecule has 0 aliphatic heterocycles. The number of anilines is 1. The van der Waals surface area contributed by atoms with Gasteiger partial charge in [0.15, 0.2) is 0 Å². The highest BCUT2D eigenvalue weighted by atomic mass is 35.5. The normalized spacial score (nSPS) is 10.4. The lowest BCUT2D eigenvalue weighted by Crippen LogP contribution is -2.14. The molecule has 1 N–H and O–H groups in total.